The maximum atomic E-state index is 10.7. The summed E-state index contributed by atoms with van der Waals surface area (Å²) in [5.41, 5.74) is 3.01. The van der Waals surface area contributed by atoms with Crippen LogP contribution in [0.15, 0.2) is 41.4 Å². The lowest BCUT2D eigenvalue weighted by Gasteiger charge is -2.01. The molecule has 0 bridgehead atoms. The summed E-state index contributed by atoms with van der Waals surface area (Å²) in [5.74, 6) is -0.370. The van der Waals surface area contributed by atoms with Crippen LogP contribution in [0.3, 0.4) is 0 Å². The molecule has 0 aliphatic heterocycles. The molecule has 0 saturated carbocycles. The van der Waals surface area contributed by atoms with E-state index in [9.17, 15) is 15.2 Å². The second kappa shape index (κ2) is 5.52. The number of phenols is 1. The van der Waals surface area contributed by atoms with Gasteiger partial charge in [-0.1, -0.05) is 12.1 Å². The molecule has 0 aliphatic carbocycles. The van der Waals surface area contributed by atoms with Crippen LogP contribution >= 0.6 is 0 Å². The molecule has 20 heavy (non-hydrogen) atoms. The van der Waals surface area contributed by atoms with Crippen molar-refractivity contribution in [1.29, 1.82) is 0 Å². The van der Waals surface area contributed by atoms with Crippen molar-refractivity contribution in [2.45, 2.75) is 13.8 Å². The van der Waals surface area contributed by atoms with Gasteiger partial charge in [-0.25, -0.2) is 0 Å². The molecule has 0 heterocycles. The number of nitrogens with zero attached hydrogens (tertiary/aromatic N) is 2. The molecule has 2 aromatic rings. The Morgan fingerprint density at radius 2 is 1.95 bits per heavy atom. The van der Waals surface area contributed by atoms with Gasteiger partial charge in [0.15, 0.2) is 0 Å². The zero-order valence-corrected chi connectivity index (χ0v) is 11.2. The summed E-state index contributed by atoms with van der Waals surface area (Å²) < 4.78 is 0. The Bertz CT molecular complexity index is 694. The van der Waals surface area contributed by atoms with E-state index in [0.29, 0.717) is 5.56 Å². The first-order valence-corrected chi connectivity index (χ1v) is 6.06. The normalized spacial score (nSPS) is 10.9. The molecule has 0 amide bonds. The average Bonchev–Trinajstić information content (AvgIpc) is 2.41. The maximum Gasteiger partial charge on any atom is 0.311 e. The molecule has 5 heteroatoms. The summed E-state index contributed by atoms with van der Waals surface area (Å²) in [4.78, 5) is 14.3. The number of aromatic hydroxyl groups is 1. The molecular formula is C15H14N2O3. The minimum Gasteiger partial charge on any atom is -0.502 e. The minimum atomic E-state index is -0.622. The zero-order chi connectivity index (χ0) is 14.7. The van der Waals surface area contributed by atoms with Gasteiger partial charge in [-0.05, 0) is 43.2 Å². The van der Waals surface area contributed by atoms with Gasteiger partial charge in [0.25, 0.3) is 0 Å². The van der Waals surface area contributed by atoms with E-state index in [-0.39, 0.29) is 11.4 Å². The Hall–Kier alpha value is -2.69. The van der Waals surface area contributed by atoms with Gasteiger partial charge >= 0.3 is 5.69 Å². The maximum absolute atomic E-state index is 10.7. The number of para-hydroxylation sites is 1. The third-order valence-electron chi connectivity index (χ3n) is 3.09. The van der Waals surface area contributed by atoms with Gasteiger partial charge in [-0.2, -0.15) is 0 Å². The Morgan fingerprint density at radius 3 is 2.60 bits per heavy atom. The van der Waals surface area contributed by atoms with E-state index in [0.717, 1.165) is 11.3 Å². The molecule has 0 radical (unpaired) electrons. The molecule has 0 fully saturated rings. The Morgan fingerprint density at radius 1 is 1.20 bits per heavy atom. The highest BCUT2D eigenvalue weighted by Crippen LogP contribution is 2.28. The smallest absolute Gasteiger partial charge is 0.311 e. The number of benzene rings is 2. The predicted molar refractivity (Wildman–Crippen MR) is 77.9 cm³/mol. The van der Waals surface area contributed by atoms with E-state index in [2.05, 4.69) is 4.99 Å². The Balaban J connectivity index is 2.34. The first kappa shape index (κ1) is 13.7. The lowest BCUT2D eigenvalue weighted by Crippen LogP contribution is -1.91. The first-order chi connectivity index (χ1) is 9.49. The number of nitro benzene ring substituents is 1. The zero-order valence-electron chi connectivity index (χ0n) is 11.2. The van der Waals surface area contributed by atoms with Gasteiger partial charge in [0.05, 0.1) is 10.6 Å². The monoisotopic (exact) mass is 270 g/mol. The van der Waals surface area contributed by atoms with E-state index in [1.165, 1.54) is 23.9 Å². The van der Waals surface area contributed by atoms with Gasteiger partial charge in [-0.3, -0.25) is 15.1 Å². The second-order valence-corrected chi connectivity index (χ2v) is 4.50. The highest BCUT2D eigenvalue weighted by molar-refractivity contribution is 5.87. The standard InChI is InChI=1S/C15H14N2O3/c1-10-6-7-13(8-11(10)2)16-9-12-4-3-5-14(15(12)18)17(19)20/h3-9,18H,1-2H3. The van der Waals surface area contributed by atoms with E-state index in [1.807, 2.05) is 32.0 Å². The summed E-state index contributed by atoms with van der Waals surface area (Å²) in [5, 5.41) is 20.5. The van der Waals surface area contributed by atoms with Gasteiger partial charge in [0.2, 0.25) is 5.75 Å². The van der Waals surface area contributed by atoms with Crippen LogP contribution in [-0.4, -0.2) is 16.2 Å². The fraction of sp³-hybridized carbons (Fsp3) is 0.133. The van der Waals surface area contributed by atoms with Crippen molar-refractivity contribution in [2.75, 3.05) is 0 Å². The second-order valence-electron chi connectivity index (χ2n) is 4.50. The number of nitro groups is 1. The highest BCUT2D eigenvalue weighted by atomic mass is 16.6. The summed E-state index contributed by atoms with van der Waals surface area (Å²) in [6.45, 7) is 3.99. The number of phenolic OH excluding ortho intramolecular Hbond substituents is 1. The third-order valence-corrected chi connectivity index (χ3v) is 3.09. The lowest BCUT2D eigenvalue weighted by molar-refractivity contribution is -0.385. The van der Waals surface area contributed by atoms with Gasteiger partial charge in [0.1, 0.15) is 0 Å². The van der Waals surface area contributed by atoms with Gasteiger partial charge in [-0.15, -0.1) is 0 Å². The molecule has 0 spiro atoms. The molecule has 0 saturated heterocycles. The topological polar surface area (TPSA) is 75.7 Å². The number of aryl methyl sites for hydroxylation is 2. The first-order valence-electron chi connectivity index (χ1n) is 6.06. The van der Waals surface area contributed by atoms with Crippen molar-refractivity contribution < 1.29 is 10.0 Å². The fourth-order valence-corrected chi connectivity index (χ4v) is 1.75. The Labute approximate surface area is 116 Å². The quantitative estimate of drug-likeness (QED) is 0.525. The lowest BCUT2D eigenvalue weighted by atomic mass is 10.1. The highest BCUT2D eigenvalue weighted by Gasteiger charge is 2.14. The van der Waals surface area contributed by atoms with Gasteiger partial charge < -0.3 is 5.11 Å². The average molecular weight is 270 g/mol. The van der Waals surface area contributed by atoms with E-state index < -0.39 is 4.92 Å². The summed E-state index contributed by atoms with van der Waals surface area (Å²) >= 11 is 0. The summed E-state index contributed by atoms with van der Waals surface area (Å²) in [6.07, 6.45) is 1.42. The van der Waals surface area contributed by atoms with Crippen LogP contribution in [0.2, 0.25) is 0 Å². The molecule has 0 aromatic heterocycles. The molecule has 2 aromatic carbocycles. The SMILES string of the molecule is Cc1ccc(N=Cc2cccc([N+](=O)[O-])c2O)cc1C. The van der Waals surface area contributed by atoms with Gasteiger partial charge in [0, 0.05) is 17.8 Å². The van der Waals surface area contributed by atoms with Crippen molar-refractivity contribution in [1.82, 2.24) is 0 Å². The van der Waals surface area contributed by atoms with Crippen molar-refractivity contribution in [2.24, 2.45) is 4.99 Å². The molecular weight excluding hydrogens is 256 g/mol. The van der Waals surface area contributed by atoms with Crippen LogP contribution in [0.4, 0.5) is 11.4 Å². The molecule has 0 unspecified atom stereocenters. The molecule has 5 nitrogen and oxygen atoms in total. The number of rotatable bonds is 3. The Kier molecular flexibility index (Phi) is 3.79. The molecule has 1 N–H and O–H groups in total. The van der Waals surface area contributed by atoms with Crippen LogP contribution < -0.4 is 0 Å². The number of aliphatic imine (C=N–C) groups is 1. The van der Waals surface area contributed by atoms with Crippen LogP contribution in [-0.2, 0) is 0 Å². The van der Waals surface area contributed by atoms with Crippen LogP contribution in [0.5, 0.6) is 5.75 Å². The van der Waals surface area contributed by atoms with E-state index in [1.54, 1.807) is 6.07 Å². The van der Waals surface area contributed by atoms with Crippen LogP contribution in [0.25, 0.3) is 0 Å². The van der Waals surface area contributed by atoms with Crippen molar-refractivity contribution in [3.63, 3.8) is 0 Å². The summed E-state index contributed by atoms with van der Waals surface area (Å²) in [7, 11) is 0. The van der Waals surface area contributed by atoms with Crippen molar-refractivity contribution >= 4 is 17.6 Å². The molecule has 0 atom stereocenters. The number of hydrogen-bond acceptors (Lipinski definition) is 4. The van der Waals surface area contributed by atoms with E-state index >= 15 is 0 Å². The number of hydrogen-bond donors (Lipinski definition) is 1. The van der Waals surface area contributed by atoms with E-state index in [4.69, 9.17) is 0 Å². The van der Waals surface area contributed by atoms with Crippen LogP contribution in [0.1, 0.15) is 16.7 Å². The predicted octanol–water partition coefficient (Wildman–Crippen LogP) is 3.67. The largest absolute Gasteiger partial charge is 0.502 e. The molecule has 102 valence electrons. The minimum absolute atomic E-state index is 0.317. The fourth-order valence-electron chi connectivity index (χ4n) is 1.75. The molecule has 0 aliphatic rings. The summed E-state index contributed by atoms with van der Waals surface area (Å²) in [6, 6.07) is 10.1. The van der Waals surface area contributed by atoms with Crippen molar-refractivity contribution in [3.8, 4) is 5.75 Å². The van der Waals surface area contributed by atoms with Crippen LogP contribution in [0, 0.1) is 24.0 Å². The van der Waals surface area contributed by atoms with Crippen molar-refractivity contribution in [3.05, 3.63) is 63.2 Å². The third kappa shape index (κ3) is 2.83. The molecule has 2 rings (SSSR count).